The van der Waals surface area contributed by atoms with Gasteiger partial charge in [-0.3, -0.25) is 13.9 Å². The van der Waals surface area contributed by atoms with Gasteiger partial charge in [0.05, 0.1) is 17.0 Å². The summed E-state index contributed by atoms with van der Waals surface area (Å²) in [7, 11) is -3.98. The number of anilines is 1. The SMILES string of the molecule is CCC(C)NC(=O)C(C)N(Cc1c(Cl)cccc1Cl)C(=O)CN(c1ccc(F)c(Cl)c1)S(C)(=O)=O. The van der Waals surface area contributed by atoms with Gasteiger partial charge in [0, 0.05) is 28.2 Å². The Labute approximate surface area is 220 Å². The Morgan fingerprint density at radius 1 is 1.06 bits per heavy atom. The molecule has 7 nitrogen and oxygen atoms in total. The summed E-state index contributed by atoms with van der Waals surface area (Å²) in [5, 5.41) is 3.09. The minimum Gasteiger partial charge on any atom is -0.352 e. The molecule has 0 heterocycles. The zero-order chi connectivity index (χ0) is 26.5. The van der Waals surface area contributed by atoms with Crippen LogP contribution in [0.15, 0.2) is 36.4 Å². The van der Waals surface area contributed by atoms with Crippen molar-refractivity contribution in [1.29, 1.82) is 0 Å². The van der Waals surface area contributed by atoms with E-state index in [1.54, 1.807) is 18.2 Å². The number of carbonyl (C=O) groups excluding carboxylic acids is 2. The number of nitrogens with zero attached hydrogens (tertiary/aromatic N) is 2. The maximum atomic E-state index is 13.7. The van der Waals surface area contributed by atoms with Crippen LogP contribution in [0.2, 0.25) is 15.1 Å². The Kier molecular flexibility index (Phi) is 10.2. The van der Waals surface area contributed by atoms with E-state index in [0.29, 0.717) is 12.0 Å². The number of rotatable bonds is 10. The molecule has 0 bridgehead atoms. The molecule has 0 saturated heterocycles. The van der Waals surface area contributed by atoms with Crippen molar-refractivity contribution in [2.75, 3.05) is 17.1 Å². The second kappa shape index (κ2) is 12.3. The molecule has 2 unspecified atom stereocenters. The topological polar surface area (TPSA) is 86.8 Å². The van der Waals surface area contributed by atoms with Crippen molar-refractivity contribution >= 4 is 62.3 Å². The first-order chi connectivity index (χ1) is 16.3. The third-order valence-electron chi connectivity index (χ3n) is 5.43. The van der Waals surface area contributed by atoms with Gasteiger partial charge < -0.3 is 10.2 Å². The highest BCUT2D eigenvalue weighted by Gasteiger charge is 2.31. The van der Waals surface area contributed by atoms with E-state index in [0.717, 1.165) is 22.7 Å². The Morgan fingerprint density at radius 2 is 1.66 bits per heavy atom. The van der Waals surface area contributed by atoms with Crippen molar-refractivity contribution in [2.24, 2.45) is 0 Å². The highest BCUT2D eigenvalue weighted by molar-refractivity contribution is 7.92. The largest absolute Gasteiger partial charge is 0.352 e. The Balaban J connectivity index is 2.47. The summed E-state index contributed by atoms with van der Waals surface area (Å²) in [5.74, 6) is -1.86. The molecule has 0 aliphatic heterocycles. The van der Waals surface area contributed by atoms with Gasteiger partial charge in [0.2, 0.25) is 21.8 Å². The number of carbonyl (C=O) groups is 2. The lowest BCUT2D eigenvalue weighted by atomic mass is 10.1. The van der Waals surface area contributed by atoms with E-state index in [1.165, 1.54) is 17.9 Å². The fourth-order valence-corrected chi connectivity index (χ4v) is 4.69. The van der Waals surface area contributed by atoms with Crippen LogP contribution in [0.5, 0.6) is 0 Å². The lowest BCUT2D eigenvalue weighted by Gasteiger charge is -2.32. The average Bonchev–Trinajstić information content (AvgIpc) is 2.77. The van der Waals surface area contributed by atoms with Crippen LogP contribution in [-0.4, -0.2) is 50.0 Å². The molecule has 2 aromatic rings. The molecule has 2 aromatic carbocycles. The van der Waals surface area contributed by atoms with Gasteiger partial charge >= 0.3 is 0 Å². The summed E-state index contributed by atoms with van der Waals surface area (Å²) < 4.78 is 39.5. The smallest absolute Gasteiger partial charge is 0.244 e. The summed E-state index contributed by atoms with van der Waals surface area (Å²) in [4.78, 5) is 27.6. The zero-order valence-corrected chi connectivity index (χ0v) is 22.8. The molecule has 12 heteroatoms. The van der Waals surface area contributed by atoms with E-state index < -0.39 is 40.2 Å². The number of amides is 2. The maximum absolute atomic E-state index is 13.7. The van der Waals surface area contributed by atoms with Crippen LogP contribution < -0.4 is 9.62 Å². The molecular formula is C23H27Cl3FN3O4S. The van der Waals surface area contributed by atoms with Crippen molar-refractivity contribution in [3.05, 3.63) is 62.8 Å². The Hall–Kier alpha value is -2.07. The van der Waals surface area contributed by atoms with Gasteiger partial charge in [0.25, 0.3) is 0 Å². The van der Waals surface area contributed by atoms with Gasteiger partial charge in [0.15, 0.2) is 0 Å². The van der Waals surface area contributed by atoms with E-state index in [9.17, 15) is 22.4 Å². The van der Waals surface area contributed by atoms with Gasteiger partial charge in [-0.15, -0.1) is 0 Å². The molecule has 0 aliphatic carbocycles. The van der Waals surface area contributed by atoms with Crippen LogP contribution in [0.4, 0.5) is 10.1 Å². The van der Waals surface area contributed by atoms with E-state index in [2.05, 4.69) is 5.32 Å². The second-order valence-corrected chi connectivity index (χ2v) is 11.2. The van der Waals surface area contributed by atoms with Crippen molar-refractivity contribution < 1.29 is 22.4 Å². The van der Waals surface area contributed by atoms with Gasteiger partial charge in [0.1, 0.15) is 18.4 Å². The molecule has 2 amide bonds. The highest BCUT2D eigenvalue weighted by atomic mass is 35.5. The van der Waals surface area contributed by atoms with Crippen molar-refractivity contribution in [2.45, 2.75) is 45.8 Å². The highest BCUT2D eigenvalue weighted by Crippen LogP contribution is 2.28. The average molecular weight is 567 g/mol. The van der Waals surface area contributed by atoms with Gasteiger partial charge in [-0.1, -0.05) is 47.8 Å². The summed E-state index contributed by atoms with van der Waals surface area (Å²) in [6.45, 7) is 4.45. The molecule has 0 radical (unpaired) electrons. The van der Waals surface area contributed by atoms with Gasteiger partial charge in [-0.25, -0.2) is 12.8 Å². The zero-order valence-electron chi connectivity index (χ0n) is 19.7. The molecule has 2 rings (SSSR count). The number of hydrogen-bond donors (Lipinski definition) is 1. The van der Waals surface area contributed by atoms with E-state index in [1.807, 2.05) is 13.8 Å². The normalized spacial score (nSPS) is 13.1. The van der Waals surface area contributed by atoms with E-state index in [-0.39, 0.29) is 33.3 Å². The van der Waals surface area contributed by atoms with Gasteiger partial charge in [-0.2, -0.15) is 0 Å². The first-order valence-electron chi connectivity index (χ1n) is 10.7. The van der Waals surface area contributed by atoms with Crippen molar-refractivity contribution in [3.63, 3.8) is 0 Å². The minimum absolute atomic E-state index is 0.000291. The lowest BCUT2D eigenvalue weighted by molar-refractivity contribution is -0.139. The molecule has 0 saturated carbocycles. The predicted octanol–water partition coefficient (Wildman–Crippen LogP) is 4.88. The lowest BCUT2D eigenvalue weighted by Crippen LogP contribution is -2.52. The number of nitrogens with one attached hydrogen (secondary N) is 1. The van der Waals surface area contributed by atoms with Gasteiger partial charge in [-0.05, 0) is 50.6 Å². The Bertz CT molecular complexity index is 1180. The molecule has 0 aromatic heterocycles. The molecule has 1 N–H and O–H groups in total. The molecule has 0 aliphatic rings. The van der Waals surface area contributed by atoms with Crippen LogP contribution in [0.1, 0.15) is 32.8 Å². The number of halogens is 4. The number of hydrogen-bond acceptors (Lipinski definition) is 4. The minimum atomic E-state index is -3.98. The van der Waals surface area contributed by atoms with Crippen LogP contribution in [0.25, 0.3) is 0 Å². The Morgan fingerprint density at radius 3 is 2.17 bits per heavy atom. The third-order valence-corrected chi connectivity index (χ3v) is 7.57. The molecule has 0 spiro atoms. The maximum Gasteiger partial charge on any atom is 0.244 e. The molecule has 35 heavy (non-hydrogen) atoms. The summed E-state index contributed by atoms with van der Waals surface area (Å²) in [6, 6.07) is 7.02. The third kappa shape index (κ3) is 7.70. The van der Waals surface area contributed by atoms with E-state index >= 15 is 0 Å². The predicted molar refractivity (Wildman–Crippen MR) is 138 cm³/mol. The quantitative estimate of drug-likeness (QED) is 0.444. The van der Waals surface area contributed by atoms with Crippen molar-refractivity contribution in [1.82, 2.24) is 10.2 Å². The van der Waals surface area contributed by atoms with Crippen LogP contribution in [0, 0.1) is 5.82 Å². The molecule has 192 valence electrons. The first-order valence-corrected chi connectivity index (χ1v) is 13.7. The summed E-state index contributed by atoms with van der Waals surface area (Å²) in [5.41, 5.74) is 0.405. The molecule has 0 fully saturated rings. The first kappa shape index (κ1) is 29.2. The fraction of sp³-hybridized carbons (Fsp3) is 0.391. The monoisotopic (exact) mass is 565 g/mol. The van der Waals surface area contributed by atoms with Crippen molar-refractivity contribution in [3.8, 4) is 0 Å². The van der Waals surface area contributed by atoms with Crippen LogP contribution in [0.3, 0.4) is 0 Å². The number of sulfonamides is 1. The standard InChI is InChI=1S/C23H27Cl3FN3O4S/c1-5-14(2)28-23(32)15(3)29(12-17-18(24)7-6-8-19(17)25)22(31)13-30(35(4,33)34)16-9-10-21(27)20(26)11-16/h6-11,14-15H,5,12-13H2,1-4H3,(H,28,32). The summed E-state index contributed by atoms with van der Waals surface area (Å²) in [6.07, 6.45) is 1.59. The van der Waals surface area contributed by atoms with Crippen LogP contribution >= 0.6 is 34.8 Å². The summed E-state index contributed by atoms with van der Waals surface area (Å²) >= 11 is 18.4. The van der Waals surface area contributed by atoms with E-state index in [4.69, 9.17) is 34.8 Å². The fourth-order valence-electron chi connectivity index (χ4n) is 3.16. The molecular weight excluding hydrogens is 540 g/mol. The number of benzene rings is 2. The van der Waals surface area contributed by atoms with Crippen LogP contribution in [-0.2, 0) is 26.2 Å². The second-order valence-electron chi connectivity index (χ2n) is 8.08. The molecule has 2 atom stereocenters.